The molecule has 0 N–H and O–H groups in total. The van der Waals surface area contributed by atoms with E-state index < -0.39 is 0 Å². The van der Waals surface area contributed by atoms with Crippen LogP contribution in [0.4, 0.5) is 0 Å². The van der Waals surface area contributed by atoms with E-state index >= 15 is 0 Å². The summed E-state index contributed by atoms with van der Waals surface area (Å²) in [5.74, 6) is 1.10. The molecule has 0 aromatic carbocycles. The van der Waals surface area contributed by atoms with Crippen LogP contribution in [0.25, 0.3) is 0 Å². The molecule has 0 aliphatic heterocycles. The minimum atomic E-state index is 0.632. The van der Waals surface area contributed by atoms with E-state index in [9.17, 15) is 0 Å². The average molecular weight is 180 g/mol. The zero-order valence-electron chi connectivity index (χ0n) is 9.53. The Balaban J connectivity index is 1.71. The molecule has 2 rings (SSSR count). The van der Waals surface area contributed by atoms with E-state index in [-0.39, 0.29) is 0 Å². The van der Waals surface area contributed by atoms with Gasteiger partial charge in [-0.1, -0.05) is 33.6 Å². The second-order valence-corrected chi connectivity index (χ2v) is 6.62. The van der Waals surface area contributed by atoms with Gasteiger partial charge in [0.2, 0.25) is 0 Å². The summed E-state index contributed by atoms with van der Waals surface area (Å²) >= 11 is 0. The first-order chi connectivity index (χ1) is 5.99. The number of hydrogen-bond acceptors (Lipinski definition) is 0. The van der Waals surface area contributed by atoms with Gasteiger partial charge in [-0.05, 0) is 48.9 Å². The molecule has 2 saturated carbocycles. The molecule has 0 radical (unpaired) electrons. The molecule has 2 aliphatic carbocycles. The summed E-state index contributed by atoms with van der Waals surface area (Å²) in [6, 6.07) is 0. The Morgan fingerprint density at radius 3 is 2.31 bits per heavy atom. The Morgan fingerprint density at radius 1 is 1.23 bits per heavy atom. The van der Waals surface area contributed by atoms with Crippen LogP contribution in [0, 0.1) is 16.7 Å². The van der Waals surface area contributed by atoms with Gasteiger partial charge in [-0.15, -0.1) is 0 Å². The van der Waals surface area contributed by atoms with Crippen molar-refractivity contribution in [2.75, 3.05) is 0 Å². The molecule has 0 amide bonds. The molecule has 13 heavy (non-hydrogen) atoms. The highest BCUT2D eigenvalue weighted by molar-refractivity contribution is 4.90. The van der Waals surface area contributed by atoms with Crippen LogP contribution in [-0.4, -0.2) is 0 Å². The monoisotopic (exact) mass is 180 g/mol. The predicted octanol–water partition coefficient (Wildman–Crippen LogP) is 4.39. The Bertz CT molecular complexity index is 182. The van der Waals surface area contributed by atoms with Crippen molar-refractivity contribution in [1.82, 2.24) is 0 Å². The highest BCUT2D eigenvalue weighted by Crippen LogP contribution is 2.52. The van der Waals surface area contributed by atoms with Crippen LogP contribution < -0.4 is 0 Å². The molecule has 0 bridgehead atoms. The third-order valence-electron chi connectivity index (χ3n) is 4.05. The van der Waals surface area contributed by atoms with Gasteiger partial charge in [0.1, 0.15) is 0 Å². The average Bonchev–Trinajstić information content (AvgIpc) is 2.87. The van der Waals surface area contributed by atoms with Crippen molar-refractivity contribution < 1.29 is 0 Å². The first kappa shape index (κ1) is 9.55. The second-order valence-electron chi connectivity index (χ2n) is 6.62. The van der Waals surface area contributed by atoms with E-state index in [2.05, 4.69) is 20.8 Å². The number of hydrogen-bond donors (Lipinski definition) is 0. The Labute approximate surface area is 83.1 Å². The SMILES string of the molecule is CC(C)(CCC1(C)CC1)CC1CC1. The lowest BCUT2D eigenvalue weighted by Crippen LogP contribution is -2.14. The smallest absolute Gasteiger partial charge is 0.0325 e. The molecular weight excluding hydrogens is 156 g/mol. The van der Waals surface area contributed by atoms with E-state index in [1.54, 1.807) is 0 Å². The Morgan fingerprint density at radius 2 is 1.85 bits per heavy atom. The lowest BCUT2D eigenvalue weighted by molar-refractivity contribution is 0.258. The topological polar surface area (TPSA) is 0 Å². The van der Waals surface area contributed by atoms with Crippen molar-refractivity contribution in [2.24, 2.45) is 16.7 Å². The van der Waals surface area contributed by atoms with Gasteiger partial charge in [0, 0.05) is 0 Å². The fourth-order valence-corrected chi connectivity index (χ4v) is 2.31. The van der Waals surface area contributed by atoms with E-state index in [0.717, 1.165) is 11.3 Å². The summed E-state index contributed by atoms with van der Waals surface area (Å²) in [4.78, 5) is 0. The van der Waals surface area contributed by atoms with Crippen LogP contribution in [0.15, 0.2) is 0 Å². The van der Waals surface area contributed by atoms with Crippen molar-refractivity contribution in [1.29, 1.82) is 0 Å². The van der Waals surface area contributed by atoms with E-state index in [4.69, 9.17) is 0 Å². The molecule has 0 unspecified atom stereocenters. The minimum absolute atomic E-state index is 0.632. The second kappa shape index (κ2) is 3.00. The van der Waals surface area contributed by atoms with Gasteiger partial charge in [0.15, 0.2) is 0 Å². The van der Waals surface area contributed by atoms with Crippen LogP contribution in [0.2, 0.25) is 0 Å². The lowest BCUT2D eigenvalue weighted by Gasteiger charge is -2.26. The van der Waals surface area contributed by atoms with Crippen LogP contribution in [0.3, 0.4) is 0 Å². The van der Waals surface area contributed by atoms with Gasteiger partial charge in [-0.3, -0.25) is 0 Å². The first-order valence-corrected chi connectivity index (χ1v) is 5.99. The van der Waals surface area contributed by atoms with E-state index in [1.165, 1.54) is 44.9 Å². The first-order valence-electron chi connectivity index (χ1n) is 5.99. The molecule has 0 aromatic rings. The predicted molar refractivity (Wildman–Crippen MR) is 57.7 cm³/mol. The molecule has 0 aromatic heterocycles. The zero-order chi connectivity index (χ0) is 9.53. The number of rotatable bonds is 5. The lowest BCUT2D eigenvalue weighted by atomic mass is 9.80. The highest BCUT2D eigenvalue weighted by atomic mass is 14.4. The molecule has 0 heteroatoms. The summed E-state index contributed by atoms with van der Waals surface area (Å²) in [7, 11) is 0. The Hall–Kier alpha value is 0. The minimum Gasteiger partial charge on any atom is -0.0599 e. The van der Waals surface area contributed by atoms with Crippen molar-refractivity contribution >= 4 is 0 Å². The molecular formula is C13H24. The Kier molecular flexibility index (Phi) is 2.20. The summed E-state index contributed by atoms with van der Waals surface area (Å²) < 4.78 is 0. The van der Waals surface area contributed by atoms with Crippen LogP contribution in [-0.2, 0) is 0 Å². The summed E-state index contributed by atoms with van der Waals surface area (Å²) in [6.07, 6.45) is 10.4. The summed E-state index contributed by atoms with van der Waals surface area (Å²) in [5.41, 5.74) is 1.40. The third kappa shape index (κ3) is 3.00. The van der Waals surface area contributed by atoms with Gasteiger partial charge < -0.3 is 0 Å². The normalized spacial score (nSPS) is 26.1. The molecule has 2 fully saturated rings. The quantitative estimate of drug-likeness (QED) is 0.588. The maximum Gasteiger partial charge on any atom is -0.0325 e. The van der Waals surface area contributed by atoms with Crippen LogP contribution in [0.5, 0.6) is 0 Å². The molecule has 0 saturated heterocycles. The van der Waals surface area contributed by atoms with Crippen molar-refractivity contribution in [2.45, 2.75) is 65.7 Å². The fraction of sp³-hybridized carbons (Fsp3) is 1.00. The fourth-order valence-electron chi connectivity index (χ4n) is 2.31. The maximum atomic E-state index is 2.47. The maximum absolute atomic E-state index is 2.47. The third-order valence-corrected chi connectivity index (χ3v) is 4.05. The molecule has 0 spiro atoms. The van der Waals surface area contributed by atoms with Crippen molar-refractivity contribution in [3.63, 3.8) is 0 Å². The van der Waals surface area contributed by atoms with Crippen LogP contribution >= 0.6 is 0 Å². The summed E-state index contributed by atoms with van der Waals surface area (Å²) in [5, 5.41) is 0. The van der Waals surface area contributed by atoms with E-state index in [0.29, 0.717) is 5.41 Å². The van der Waals surface area contributed by atoms with Crippen molar-refractivity contribution in [3.05, 3.63) is 0 Å². The van der Waals surface area contributed by atoms with Gasteiger partial charge in [-0.2, -0.15) is 0 Å². The van der Waals surface area contributed by atoms with Crippen LogP contribution in [0.1, 0.15) is 65.7 Å². The molecule has 76 valence electrons. The van der Waals surface area contributed by atoms with E-state index in [1.807, 2.05) is 0 Å². The van der Waals surface area contributed by atoms with Crippen molar-refractivity contribution in [3.8, 4) is 0 Å². The zero-order valence-corrected chi connectivity index (χ0v) is 9.53. The largest absolute Gasteiger partial charge is 0.0599 e. The molecule has 0 nitrogen and oxygen atoms in total. The molecule has 2 aliphatic rings. The molecule has 0 atom stereocenters. The van der Waals surface area contributed by atoms with Gasteiger partial charge in [-0.25, -0.2) is 0 Å². The molecule has 0 heterocycles. The van der Waals surface area contributed by atoms with Gasteiger partial charge in [0.25, 0.3) is 0 Å². The highest BCUT2D eigenvalue weighted by Gasteiger charge is 2.39. The standard InChI is InChI=1S/C13H24/c1-12(2,10-11-4-5-11)6-7-13(3)8-9-13/h11H,4-10H2,1-3H3. The van der Waals surface area contributed by atoms with Gasteiger partial charge >= 0.3 is 0 Å². The van der Waals surface area contributed by atoms with Gasteiger partial charge in [0.05, 0.1) is 0 Å². The summed E-state index contributed by atoms with van der Waals surface area (Å²) in [6.45, 7) is 7.40.